The molecule has 1 amide bonds. The average molecular weight is 383 g/mol. The van der Waals surface area contributed by atoms with Crippen molar-refractivity contribution in [1.82, 2.24) is 4.57 Å². The van der Waals surface area contributed by atoms with Gasteiger partial charge in [-0.3, -0.25) is 9.59 Å². The number of thiazole rings is 1. The summed E-state index contributed by atoms with van der Waals surface area (Å²) < 4.78 is 8.69. The lowest BCUT2D eigenvalue weighted by Crippen LogP contribution is -2.23. The van der Waals surface area contributed by atoms with Crippen LogP contribution in [0.2, 0.25) is 0 Å². The molecule has 1 aliphatic rings. The van der Waals surface area contributed by atoms with Crippen molar-refractivity contribution in [1.29, 1.82) is 0 Å². The molecule has 1 aliphatic carbocycles. The molecule has 1 saturated carbocycles. The molecule has 1 fully saturated rings. The minimum absolute atomic E-state index is 0.0618. The molecule has 0 N–H and O–H groups in total. The van der Waals surface area contributed by atoms with E-state index >= 15 is 0 Å². The van der Waals surface area contributed by atoms with Crippen LogP contribution in [0.4, 0.5) is 0 Å². The van der Waals surface area contributed by atoms with E-state index in [0.717, 1.165) is 27.5 Å². The van der Waals surface area contributed by atoms with Crippen LogP contribution in [0.15, 0.2) is 27.7 Å². The number of esters is 1. The number of fused-ring (bicyclic) bond motifs is 1. The topological polar surface area (TPSA) is 60.7 Å². The van der Waals surface area contributed by atoms with Crippen LogP contribution in [0.3, 0.4) is 0 Å². The van der Waals surface area contributed by atoms with Gasteiger partial charge in [-0.05, 0) is 38.0 Å². The first-order valence-corrected chi connectivity index (χ1v) is 8.72. The third-order valence-electron chi connectivity index (χ3n) is 3.37. The van der Waals surface area contributed by atoms with Crippen LogP contribution in [0.5, 0.6) is 0 Å². The van der Waals surface area contributed by atoms with Gasteiger partial charge in [0.05, 0.1) is 16.8 Å². The third-order valence-corrected chi connectivity index (χ3v) is 4.90. The lowest BCUT2D eigenvalue weighted by Gasteiger charge is -2.05. The van der Waals surface area contributed by atoms with E-state index in [1.807, 2.05) is 18.2 Å². The van der Waals surface area contributed by atoms with Gasteiger partial charge in [0.1, 0.15) is 6.54 Å². The first-order valence-electron chi connectivity index (χ1n) is 7.11. The van der Waals surface area contributed by atoms with Crippen molar-refractivity contribution in [2.24, 2.45) is 10.9 Å². The van der Waals surface area contributed by atoms with Gasteiger partial charge in [-0.25, -0.2) is 0 Å². The van der Waals surface area contributed by atoms with Crippen LogP contribution < -0.4 is 4.80 Å². The quantitative estimate of drug-likeness (QED) is 0.763. The number of halogens is 1. The molecule has 0 spiro atoms. The van der Waals surface area contributed by atoms with Crippen LogP contribution in [0.1, 0.15) is 19.8 Å². The highest BCUT2D eigenvalue weighted by Gasteiger charge is 2.29. The molecule has 1 aromatic heterocycles. The van der Waals surface area contributed by atoms with Crippen molar-refractivity contribution >= 4 is 49.4 Å². The second kappa shape index (κ2) is 6.34. The summed E-state index contributed by atoms with van der Waals surface area (Å²) in [7, 11) is 0. The number of aromatic nitrogens is 1. The number of carbonyl (C=O) groups excluding carboxylic acids is 2. The van der Waals surface area contributed by atoms with Crippen LogP contribution in [-0.2, 0) is 20.9 Å². The van der Waals surface area contributed by atoms with Gasteiger partial charge in [-0.15, -0.1) is 0 Å². The summed E-state index contributed by atoms with van der Waals surface area (Å²) in [5, 5.41) is 0. The number of benzene rings is 1. The summed E-state index contributed by atoms with van der Waals surface area (Å²) in [5.41, 5.74) is 0.878. The zero-order chi connectivity index (χ0) is 15.7. The maximum atomic E-state index is 12.0. The van der Waals surface area contributed by atoms with Crippen LogP contribution in [-0.4, -0.2) is 23.1 Å². The first-order chi connectivity index (χ1) is 10.6. The molecule has 0 aliphatic heterocycles. The normalized spacial score (nSPS) is 15.3. The smallest absolute Gasteiger partial charge is 0.326 e. The molecule has 7 heteroatoms. The third kappa shape index (κ3) is 3.30. The van der Waals surface area contributed by atoms with Crippen molar-refractivity contribution in [2.75, 3.05) is 6.61 Å². The number of rotatable bonds is 4. The average Bonchev–Trinajstić information content (AvgIpc) is 3.25. The molecule has 0 bridgehead atoms. The Morgan fingerprint density at radius 2 is 2.23 bits per heavy atom. The van der Waals surface area contributed by atoms with Crippen molar-refractivity contribution in [2.45, 2.75) is 26.3 Å². The Morgan fingerprint density at radius 3 is 2.91 bits per heavy atom. The van der Waals surface area contributed by atoms with Gasteiger partial charge >= 0.3 is 5.97 Å². The number of carbonyl (C=O) groups is 2. The Hall–Kier alpha value is -1.47. The Kier molecular flexibility index (Phi) is 4.44. The molecule has 0 unspecified atom stereocenters. The molecular weight excluding hydrogens is 368 g/mol. The number of nitrogens with zero attached hydrogens (tertiary/aromatic N) is 2. The zero-order valence-electron chi connectivity index (χ0n) is 12.0. The van der Waals surface area contributed by atoms with E-state index in [2.05, 4.69) is 20.9 Å². The minimum atomic E-state index is -0.328. The Labute approximate surface area is 139 Å². The Bertz CT molecular complexity index is 805. The van der Waals surface area contributed by atoms with E-state index in [4.69, 9.17) is 4.74 Å². The molecule has 116 valence electrons. The van der Waals surface area contributed by atoms with Crippen molar-refractivity contribution in [3.8, 4) is 0 Å². The molecule has 0 radical (unpaired) electrons. The molecule has 5 nitrogen and oxygen atoms in total. The minimum Gasteiger partial charge on any atom is -0.465 e. The van der Waals surface area contributed by atoms with Gasteiger partial charge in [-0.2, -0.15) is 4.99 Å². The van der Waals surface area contributed by atoms with Crippen molar-refractivity contribution in [3.63, 3.8) is 0 Å². The van der Waals surface area contributed by atoms with Gasteiger partial charge in [0.25, 0.3) is 5.91 Å². The summed E-state index contributed by atoms with van der Waals surface area (Å²) in [6.45, 7) is 2.17. The van der Waals surface area contributed by atoms with Crippen LogP contribution in [0, 0.1) is 5.92 Å². The van der Waals surface area contributed by atoms with Crippen molar-refractivity contribution < 1.29 is 14.3 Å². The van der Waals surface area contributed by atoms with Gasteiger partial charge in [-0.1, -0.05) is 27.3 Å². The molecule has 0 atom stereocenters. The van der Waals surface area contributed by atoms with Crippen molar-refractivity contribution in [3.05, 3.63) is 27.5 Å². The SMILES string of the molecule is CCOC(=O)Cn1c(=NC(=O)C2CC2)sc2cc(Br)ccc21. The predicted octanol–water partition coefficient (Wildman–Crippen LogP) is 2.87. The second-order valence-electron chi connectivity index (χ2n) is 5.11. The number of ether oxygens (including phenoxy) is 1. The highest BCUT2D eigenvalue weighted by atomic mass is 79.9. The monoisotopic (exact) mass is 382 g/mol. The van der Waals surface area contributed by atoms with E-state index in [9.17, 15) is 9.59 Å². The van der Waals surface area contributed by atoms with Gasteiger partial charge in [0.15, 0.2) is 4.80 Å². The lowest BCUT2D eigenvalue weighted by molar-refractivity contribution is -0.143. The lowest BCUT2D eigenvalue weighted by atomic mass is 10.3. The molecule has 2 aromatic rings. The van der Waals surface area contributed by atoms with Gasteiger partial charge in [0, 0.05) is 10.4 Å². The predicted molar refractivity (Wildman–Crippen MR) is 87.4 cm³/mol. The Morgan fingerprint density at radius 1 is 1.45 bits per heavy atom. The highest BCUT2D eigenvalue weighted by molar-refractivity contribution is 9.10. The summed E-state index contributed by atoms with van der Waals surface area (Å²) in [6.07, 6.45) is 1.83. The molecule has 3 rings (SSSR count). The maximum absolute atomic E-state index is 12.0. The molecular formula is C15H15BrN2O3S. The summed E-state index contributed by atoms with van der Waals surface area (Å²) in [6, 6.07) is 5.78. The number of amides is 1. The number of hydrogen-bond acceptors (Lipinski definition) is 4. The second-order valence-corrected chi connectivity index (χ2v) is 7.04. The fraction of sp³-hybridized carbons (Fsp3) is 0.400. The summed E-state index contributed by atoms with van der Waals surface area (Å²) in [4.78, 5) is 28.6. The maximum Gasteiger partial charge on any atom is 0.326 e. The van der Waals surface area contributed by atoms with E-state index in [-0.39, 0.29) is 24.3 Å². The standard InChI is InChI=1S/C15H15BrN2O3S/c1-2-21-13(19)8-18-11-6-5-10(16)7-12(11)22-15(18)17-14(20)9-3-4-9/h5-7,9H,2-4,8H2,1H3. The highest BCUT2D eigenvalue weighted by Crippen LogP contribution is 2.30. The summed E-state index contributed by atoms with van der Waals surface area (Å²) >= 11 is 4.84. The molecule has 22 heavy (non-hydrogen) atoms. The van der Waals surface area contributed by atoms with Gasteiger partial charge in [0.2, 0.25) is 0 Å². The summed E-state index contributed by atoms with van der Waals surface area (Å²) in [5.74, 6) is -0.360. The van der Waals surface area contributed by atoms with E-state index in [0.29, 0.717) is 11.4 Å². The molecule has 1 aromatic carbocycles. The first kappa shape index (κ1) is 15.4. The number of hydrogen-bond donors (Lipinski definition) is 0. The van der Waals surface area contributed by atoms with E-state index in [1.165, 1.54) is 11.3 Å². The molecule has 1 heterocycles. The van der Waals surface area contributed by atoms with E-state index in [1.54, 1.807) is 11.5 Å². The van der Waals surface area contributed by atoms with Crippen LogP contribution >= 0.6 is 27.3 Å². The fourth-order valence-electron chi connectivity index (χ4n) is 2.14. The largest absolute Gasteiger partial charge is 0.465 e. The Balaban J connectivity index is 2.08. The van der Waals surface area contributed by atoms with Crippen LogP contribution in [0.25, 0.3) is 10.2 Å². The van der Waals surface area contributed by atoms with Gasteiger partial charge < -0.3 is 9.30 Å². The van der Waals surface area contributed by atoms with E-state index < -0.39 is 0 Å². The molecule has 0 saturated heterocycles. The fourth-order valence-corrected chi connectivity index (χ4v) is 3.72. The zero-order valence-corrected chi connectivity index (χ0v) is 14.4.